The Hall–Kier alpha value is -1.68. The largest absolute Gasteiger partial charge is 0.405 e. The molecule has 0 aliphatic heterocycles. The molecule has 0 amide bonds. The summed E-state index contributed by atoms with van der Waals surface area (Å²) in [7, 11) is 0. The molecule has 0 spiro atoms. The smallest absolute Gasteiger partial charge is 0.366 e. The average Bonchev–Trinajstić information content (AvgIpc) is 2.44. The highest BCUT2D eigenvalue weighted by Gasteiger charge is 2.27. The number of rotatable bonds is 9. The van der Waals surface area contributed by atoms with E-state index in [9.17, 15) is 23.3 Å². The summed E-state index contributed by atoms with van der Waals surface area (Å²) in [5.41, 5.74) is 0.704. The molecule has 0 aromatic carbocycles. The summed E-state index contributed by atoms with van der Waals surface area (Å²) >= 11 is 7.39. The minimum atomic E-state index is -4.46. The van der Waals surface area contributed by atoms with E-state index in [2.05, 4.69) is 10.3 Å². The molecule has 11 heteroatoms. The Morgan fingerprint density at radius 3 is 2.83 bits per heavy atom. The van der Waals surface area contributed by atoms with E-state index < -0.39 is 17.6 Å². The van der Waals surface area contributed by atoms with Crippen molar-refractivity contribution in [1.29, 1.82) is 0 Å². The first-order valence-electron chi connectivity index (χ1n) is 6.35. The lowest BCUT2D eigenvalue weighted by Crippen LogP contribution is -2.35. The second kappa shape index (κ2) is 9.46. The Balaban J connectivity index is 2.35. The van der Waals surface area contributed by atoms with E-state index in [0.717, 1.165) is 0 Å². The highest BCUT2D eigenvalue weighted by molar-refractivity contribution is 7.98. The van der Waals surface area contributed by atoms with Crippen molar-refractivity contribution in [1.82, 2.24) is 15.6 Å². The van der Waals surface area contributed by atoms with Crippen molar-refractivity contribution in [2.24, 2.45) is 0 Å². The van der Waals surface area contributed by atoms with Crippen molar-refractivity contribution in [2.75, 3.05) is 18.8 Å². The van der Waals surface area contributed by atoms with Crippen LogP contribution in [0.2, 0.25) is 5.02 Å². The molecule has 6 nitrogen and oxygen atoms in total. The minimum Gasteiger partial charge on any atom is -0.366 e. The number of nitrogens with one attached hydrogen (secondary N) is 2. The number of nitro groups is 1. The molecular weight excluding hydrogens is 357 g/mol. The third-order valence-electron chi connectivity index (χ3n) is 2.35. The van der Waals surface area contributed by atoms with Crippen LogP contribution in [0.5, 0.6) is 0 Å². The van der Waals surface area contributed by atoms with E-state index in [0.29, 0.717) is 28.4 Å². The van der Waals surface area contributed by atoms with Gasteiger partial charge >= 0.3 is 6.18 Å². The number of halogens is 4. The van der Waals surface area contributed by atoms with E-state index in [-0.39, 0.29) is 12.4 Å². The highest BCUT2D eigenvalue weighted by Crippen LogP contribution is 2.18. The zero-order chi connectivity index (χ0) is 17.3. The van der Waals surface area contributed by atoms with Crippen LogP contribution in [0, 0.1) is 10.1 Å². The van der Waals surface area contributed by atoms with E-state index in [4.69, 9.17) is 11.6 Å². The second-order valence-electron chi connectivity index (χ2n) is 4.21. The number of hydrogen-bond donors (Lipinski definition) is 2. The van der Waals surface area contributed by atoms with Crippen molar-refractivity contribution >= 4 is 23.4 Å². The molecule has 23 heavy (non-hydrogen) atoms. The van der Waals surface area contributed by atoms with Gasteiger partial charge in [-0.25, -0.2) is 0 Å². The first kappa shape index (κ1) is 19.4. The molecule has 2 N–H and O–H groups in total. The first-order valence-corrected chi connectivity index (χ1v) is 7.88. The van der Waals surface area contributed by atoms with Crippen molar-refractivity contribution in [2.45, 2.75) is 11.9 Å². The lowest BCUT2D eigenvalue weighted by Gasteiger charge is -2.13. The summed E-state index contributed by atoms with van der Waals surface area (Å²) < 4.78 is 36.3. The number of pyridine rings is 1. The molecule has 128 valence electrons. The maximum atomic E-state index is 12.1. The first-order chi connectivity index (χ1) is 10.8. The summed E-state index contributed by atoms with van der Waals surface area (Å²) in [6.07, 6.45) is -2.38. The molecule has 0 bridgehead atoms. The van der Waals surface area contributed by atoms with Crippen LogP contribution in [0.4, 0.5) is 13.2 Å². The number of nitrogens with zero attached hydrogens (tertiary/aromatic N) is 2. The van der Waals surface area contributed by atoms with Gasteiger partial charge in [-0.15, -0.1) is 0 Å². The second-order valence-corrected chi connectivity index (χ2v) is 5.72. The van der Waals surface area contributed by atoms with Crippen molar-refractivity contribution in [3.63, 3.8) is 0 Å². The molecule has 0 aliphatic rings. The Bertz CT molecular complexity index is 557. The fraction of sp³-hybridized carbons (Fsp3) is 0.417. The molecule has 0 saturated carbocycles. The van der Waals surface area contributed by atoms with Gasteiger partial charge in [-0.2, -0.15) is 24.9 Å². The molecule has 1 aromatic heterocycles. The van der Waals surface area contributed by atoms with Crippen LogP contribution in [0.1, 0.15) is 5.69 Å². The van der Waals surface area contributed by atoms with Gasteiger partial charge in [-0.3, -0.25) is 15.1 Å². The Labute approximate surface area is 139 Å². The Morgan fingerprint density at radius 1 is 1.48 bits per heavy atom. The predicted molar refractivity (Wildman–Crippen MR) is 82.5 cm³/mol. The summed E-state index contributed by atoms with van der Waals surface area (Å²) in [5.74, 6) is 0.755. The van der Waals surface area contributed by atoms with Gasteiger partial charge in [0.2, 0.25) is 0 Å². The quantitative estimate of drug-likeness (QED) is 0.395. The molecule has 0 atom stereocenters. The van der Waals surface area contributed by atoms with Gasteiger partial charge in [0.1, 0.15) is 6.54 Å². The normalized spacial score (nSPS) is 12.1. The van der Waals surface area contributed by atoms with Crippen molar-refractivity contribution in [3.05, 3.63) is 51.2 Å². The van der Waals surface area contributed by atoms with Gasteiger partial charge in [-0.05, 0) is 12.1 Å². The lowest BCUT2D eigenvalue weighted by atomic mass is 10.4. The van der Waals surface area contributed by atoms with Crippen LogP contribution in [0.25, 0.3) is 0 Å². The molecule has 0 saturated heterocycles. The monoisotopic (exact) mass is 370 g/mol. The number of alkyl halides is 3. The third kappa shape index (κ3) is 9.14. The summed E-state index contributed by atoms with van der Waals surface area (Å²) in [6, 6.07) is 3.42. The maximum absolute atomic E-state index is 12.1. The highest BCUT2D eigenvalue weighted by atomic mass is 35.5. The average molecular weight is 371 g/mol. The van der Waals surface area contributed by atoms with E-state index >= 15 is 0 Å². The minimum absolute atomic E-state index is 0.250. The number of thioether (sulfide) groups is 1. The molecule has 1 aromatic rings. The van der Waals surface area contributed by atoms with Gasteiger partial charge in [0.15, 0.2) is 5.82 Å². The zero-order valence-electron chi connectivity index (χ0n) is 11.8. The zero-order valence-corrected chi connectivity index (χ0v) is 13.3. The van der Waals surface area contributed by atoms with Crippen LogP contribution in [-0.2, 0) is 5.75 Å². The predicted octanol–water partition coefficient (Wildman–Crippen LogP) is 2.79. The van der Waals surface area contributed by atoms with Crippen LogP contribution < -0.4 is 10.6 Å². The molecule has 0 unspecified atom stereocenters. The maximum Gasteiger partial charge on any atom is 0.405 e. The number of aromatic nitrogens is 1. The van der Waals surface area contributed by atoms with Gasteiger partial charge < -0.3 is 10.6 Å². The van der Waals surface area contributed by atoms with Crippen LogP contribution >= 0.6 is 23.4 Å². The van der Waals surface area contributed by atoms with E-state index in [1.165, 1.54) is 11.8 Å². The van der Waals surface area contributed by atoms with Gasteiger partial charge in [0.25, 0.3) is 6.20 Å². The molecule has 1 rings (SSSR count). The lowest BCUT2D eigenvalue weighted by molar-refractivity contribution is -0.404. The van der Waals surface area contributed by atoms with Gasteiger partial charge in [-0.1, -0.05) is 11.6 Å². The molecule has 0 radical (unpaired) electrons. The van der Waals surface area contributed by atoms with Crippen molar-refractivity contribution in [3.8, 4) is 0 Å². The molecular formula is C12H14ClF3N4O2S. The summed E-state index contributed by atoms with van der Waals surface area (Å²) in [6.45, 7) is -1.10. The summed E-state index contributed by atoms with van der Waals surface area (Å²) in [5, 5.41) is 15.4. The molecule has 1 heterocycles. The van der Waals surface area contributed by atoms with Crippen LogP contribution in [0.15, 0.2) is 30.4 Å². The van der Waals surface area contributed by atoms with E-state index in [1.54, 1.807) is 18.3 Å². The molecule has 0 fully saturated rings. The SMILES string of the molecule is O=[N+]([O-])C=C(NCCSCc1ncccc1Cl)NCC(F)(F)F. The summed E-state index contributed by atoms with van der Waals surface area (Å²) in [4.78, 5) is 13.7. The molecule has 0 aliphatic carbocycles. The topological polar surface area (TPSA) is 80.1 Å². The van der Waals surface area contributed by atoms with Crippen molar-refractivity contribution < 1.29 is 18.1 Å². The Kier molecular flexibility index (Phi) is 7.96. The van der Waals surface area contributed by atoms with Gasteiger partial charge in [0, 0.05) is 24.2 Å². The third-order valence-corrected chi connectivity index (χ3v) is 3.66. The van der Waals surface area contributed by atoms with Crippen LogP contribution in [0.3, 0.4) is 0 Å². The Morgan fingerprint density at radius 2 is 2.22 bits per heavy atom. The van der Waals surface area contributed by atoms with Gasteiger partial charge in [0.05, 0.1) is 15.6 Å². The fourth-order valence-electron chi connectivity index (χ4n) is 1.41. The van der Waals surface area contributed by atoms with E-state index in [1.807, 2.05) is 5.32 Å². The van der Waals surface area contributed by atoms with Crippen LogP contribution in [-0.4, -0.2) is 34.9 Å². The number of hydrogen-bond acceptors (Lipinski definition) is 6. The fourth-order valence-corrected chi connectivity index (χ4v) is 2.49. The standard InChI is InChI=1S/C12H14ClF3N4O2S/c13-9-2-1-3-17-10(9)7-23-5-4-18-11(6-20(21)22)19-8-12(14,15)16/h1-3,6,18-19H,4-5,7-8H2.